The van der Waals surface area contributed by atoms with Crippen LogP contribution in [0.2, 0.25) is 0 Å². The molecule has 0 aromatic carbocycles. The molecular weight excluding hydrogens is 134 g/mol. The summed E-state index contributed by atoms with van der Waals surface area (Å²) in [6.07, 6.45) is 6.27. The summed E-state index contributed by atoms with van der Waals surface area (Å²) in [5.41, 5.74) is 5.05. The second-order valence-corrected chi connectivity index (χ2v) is 1.62. The van der Waals surface area contributed by atoms with Gasteiger partial charge in [-0.25, -0.2) is 0 Å². The van der Waals surface area contributed by atoms with E-state index in [1.807, 2.05) is 0 Å². The third kappa shape index (κ3) is 6.92. The molecule has 0 atom stereocenters. The van der Waals surface area contributed by atoms with Crippen molar-refractivity contribution < 1.29 is 0 Å². The third-order valence-electron chi connectivity index (χ3n) is 0.481. The molecule has 0 unspecified atom stereocenters. The summed E-state index contributed by atoms with van der Waals surface area (Å²) in [5, 5.41) is 2.69. The Bertz CT molecular complexity index is 156. The SMILES string of the molecule is C#CCN=CNC(N)=S. The molecule has 0 saturated carbocycles. The van der Waals surface area contributed by atoms with Gasteiger partial charge in [-0.2, -0.15) is 0 Å². The zero-order chi connectivity index (χ0) is 7.11. The number of rotatable bonds is 2. The Morgan fingerprint density at radius 3 is 3.11 bits per heavy atom. The fraction of sp³-hybridized carbons (Fsp3) is 0.200. The minimum absolute atomic E-state index is 0.191. The molecule has 0 aromatic heterocycles. The van der Waals surface area contributed by atoms with Crippen molar-refractivity contribution in [1.29, 1.82) is 0 Å². The van der Waals surface area contributed by atoms with Gasteiger partial charge in [0.1, 0.15) is 6.54 Å². The van der Waals surface area contributed by atoms with Crippen molar-refractivity contribution in [3.8, 4) is 12.3 Å². The predicted octanol–water partition coefficient (Wildman–Crippen LogP) is -0.519. The zero-order valence-corrected chi connectivity index (χ0v) is 5.61. The topological polar surface area (TPSA) is 50.4 Å². The smallest absolute Gasteiger partial charge is 0.168 e. The van der Waals surface area contributed by atoms with E-state index in [1.165, 1.54) is 6.34 Å². The normalized spacial score (nSPS) is 8.78. The van der Waals surface area contributed by atoms with Crippen molar-refractivity contribution in [1.82, 2.24) is 5.32 Å². The molecule has 0 spiro atoms. The molecule has 0 radical (unpaired) electrons. The first kappa shape index (κ1) is 7.92. The van der Waals surface area contributed by atoms with Gasteiger partial charge in [-0.1, -0.05) is 5.92 Å². The lowest BCUT2D eigenvalue weighted by Crippen LogP contribution is -2.27. The quantitative estimate of drug-likeness (QED) is 0.235. The number of nitrogens with one attached hydrogen (secondary N) is 1. The average molecular weight is 141 g/mol. The Labute approximate surface area is 59.3 Å². The lowest BCUT2D eigenvalue weighted by molar-refractivity contribution is 1.26. The highest BCUT2D eigenvalue weighted by Gasteiger charge is 1.75. The van der Waals surface area contributed by atoms with Crippen LogP contribution in [0.4, 0.5) is 0 Å². The highest BCUT2D eigenvalue weighted by Crippen LogP contribution is 1.59. The van der Waals surface area contributed by atoms with Gasteiger partial charge in [-0.15, -0.1) is 6.42 Å². The zero-order valence-electron chi connectivity index (χ0n) is 4.79. The number of thiocarbonyl (C=S) groups is 1. The second kappa shape index (κ2) is 5.06. The lowest BCUT2D eigenvalue weighted by atomic mass is 10.7. The Kier molecular flexibility index (Phi) is 4.46. The first-order valence-electron chi connectivity index (χ1n) is 2.25. The van der Waals surface area contributed by atoms with Crippen LogP contribution in [0.3, 0.4) is 0 Å². The van der Waals surface area contributed by atoms with Crippen molar-refractivity contribution in [3.63, 3.8) is 0 Å². The van der Waals surface area contributed by atoms with E-state index in [4.69, 9.17) is 12.2 Å². The Hall–Kier alpha value is -1.08. The van der Waals surface area contributed by atoms with Gasteiger partial charge in [0.25, 0.3) is 0 Å². The first-order valence-corrected chi connectivity index (χ1v) is 2.66. The molecule has 9 heavy (non-hydrogen) atoms. The van der Waals surface area contributed by atoms with E-state index in [0.717, 1.165) is 0 Å². The summed E-state index contributed by atoms with van der Waals surface area (Å²) >= 11 is 4.47. The lowest BCUT2D eigenvalue weighted by Gasteiger charge is -1.90. The van der Waals surface area contributed by atoms with Crippen LogP contribution in [0.25, 0.3) is 0 Å². The molecule has 4 heteroatoms. The molecule has 0 bridgehead atoms. The maximum absolute atomic E-state index is 5.05. The van der Waals surface area contributed by atoms with Crippen LogP contribution in [0.1, 0.15) is 0 Å². The molecule has 0 aromatic rings. The number of nitrogens with zero attached hydrogens (tertiary/aromatic N) is 1. The molecule has 3 N–H and O–H groups in total. The largest absolute Gasteiger partial charge is 0.376 e. The highest BCUT2D eigenvalue weighted by atomic mass is 32.1. The van der Waals surface area contributed by atoms with Gasteiger partial charge in [0.15, 0.2) is 5.11 Å². The van der Waals surface area contributed by atoms with Gasteiger partial charge in [0.05, 0.1) is 6.34 Å². The molecule has 3 nitrogen and oxygen atoms in total. The van der Waals surface area contributed by atoms with E-state index in [1.54, 1.807) is 0 Å². The Morgan fingerprint density at radius 2 is 2.67 bits per heavy atom. The standard InChI is InChI=1S/C5H7N3S/c1-2-3-7-4-8-5(6)9/h1,4H,3H2,(H3,6,7,8,9). The van der Waals surface area contributed by atoms with Crippen LogP contribution >= 0.6 is 12.2 Å². The average Bonchev–Trinajstić information content (AvgIpc) is 1.80. The highest BCUT2D eigenvalue weighted by molar-refractivity contribution is 7.80. The monoisotopic (exact) mass is 141 g/mol. The van der Waals surface area contributed by atoms with Crippen LogP contribution in [-0.2, 0) is 0 Å². The van der Waals surface area contributed by atoms with E-state index in [-0.39, 0.29) is 5.11 Å². The van der Waals surface area contributed by atoms with E-state index < -0.39 is 0 Å². The minimum Gasteiger partial charge on any atom is -0.376 e. The fourth-order valence-electron chi connectivity index (χ4n) is 0.208. The number of hydrogen-bond donors (Lipinski definition) is 2. The molecule has 0 saturated heterocycles. The molecule has 0 heterocycles. The van der Waals surface area contributed by atoms with Crippen molar-refractivity contribution in [3.05, 3.63) is 0 Å². The maximum Gasteiger partial charge on any atom is 0.168 e. The van der Waals surface area contributed by atoms with Gasteiger partial charge in [0, 0.05) is 0 Å². The number of aliphatic imine (C=N–C) groups is 1. The summed E-state index contributed by atoms with van der Waals surface area (Å²) in [4.78, 5) is 3.69. The first-order chi connectivity index (χ1) is 4.27. The van der Waals surface area contributed by atoms with Gasteiger partial charge in [-0.3, -0.25) is 4.99 Å². The Morgan fingerprint density at radius 1 is 2.00 bits per heavy atom. The van der Waals surface area contributed by atoms with Crippen molar-refractivity contribution in [2.75, 3.05) is 6.54 Å². The van der Waals surface area contributed by atoms with Crippen LogP contribution in [0, 0.1) is 12.3 Å². The molecule has 0 aliphatic carbocycles. The minimum atomic E-state index is 0.191. The fourth-order valence-corrected chi connectivity index (χ4v) is 0.260. The summed E-state index contributed by atoms with van der Waals surface area (Å²) in [5.74, 6) is 2.32. The number of hydrogen-bond acceptors (Lipinski definition) is 2. The third-order valence-corrected chi connectivity index (χ3v) is 0.599. The van der Waals surface area contributed by atoms with Crippen LogP contribution in [0.5, 0.6) is 0 Å². The molecular formula is C5H7N3S. The summed E-state index contributed by atoms with van der Waals surface area (Å²) < 4.78 is 0. The Balaban J connectivity index is 3.28. The van der Waals surface area contributed by atoms with Crippen LogP contribution in [-0.4, -0.2) is 18.0 Å². The molecule has 0 aliphatic heterocycles. The van der Waals surface area contributed by atoms with E-state index in [9.17, 15) is 0 Å². The van der Waals surface area contributed by atoms with Crippen molar-refractivity contribution in [2.45, 2.75) is 0 Å². The number of nitrogens with two attached hydrogens (primary N) is 1. The summed E-state index contributed by atoms with van der Waals surface area (Å²) in [7, 11) is 0. The van der Waals surface area contributed by atoms with Gasteiger partial charge in [-0.05, 0) is 12.2 Å². The van der Waals surface area contributed by atoms with E-state index >= 15 is 0 Å². The predicted molar refractivity (Wildman–Crippen MR) is 42.1 cm³/mol. The molecule has 0 fully saturated rings. The molecule has 0 amide bonds. The van der Waals surface area contributed by atoms with Gasteiger partial charge < -0.3 is 11.1 Å². The van der Waals surface area contributed by atoms with Crippen molar-refractivity contribution in [2.24, 2.45) is 10.7 Å². The molecule has 0 aliphatic rings. The van der Waals surface area contributed by atoms with E-state index in [2.05, 4.69) is 28.4 Å². The number of terminal acetylenes is 1. The summed E-state index contributed by atoms with van der Waals surface area (Å²) in [6, 6.07) is 0. The van der Waals surface area contributed by atoms with E-state index in [0.29, 0.717) is 6.54 Å². The van der Waals surface area contributed by atoms with Gasteiger partial charge >= 0.3 is 0 Å². The maximum atomic E-state index is 5.05. The van der Waals surface area contributed by atoms with Gasteiger partial charge in [0.2, 0.25) is 0 Å². The van der Waals surface area contributed by atoms with Crippen LogP contribution < -0.4 is 11.1 Å². The molecule has 48 valence electrons. The summed E-state index contributed by atoms with van der Waals surface area (Å²) in [6.45, 7) is 0.343. The molecule has 0 rings (SSSR count). The van der Waals surface area contributed by atoms with Crippen molar-refractivity contribution >= 4 is 23.7 Å². The second-order valence-electron chi connectivity index (χ2n) is 1.18. The van der Waals surface area contributed by atoms with Crippen LogP contribution in [0.15, 0.2) is 4.99 Å².